The van der Waals surface area contributed by atoms with Gasteiger partial charge >= 0.3 is 113 Å². The van der Waals surface area contributed by atoms with Crippen LogP contribution in [0.5, 0.6) is 0 Å². The first-order valence-electron chi connectivity index (χ1n) is 37.5. The molecule has 0 aromatic rings. The van der Waals surface area contributed by atoms with E-state index in [0.717, 1.165) is 97.2 Å². The van der Waals surface area contributed by atoms with Crippen LogP contribution in [0.15, 0.2) is 202 Å². The van der Waals surface area contributed by atoms with Gasteiger partial charge in [-0.3, -0.25) is 14.4 Å². The lowest BCUT2D eigenvalue weighted by Gasteiger charge is -2.35. The minimum Gasteiger partial charge on any atom is -0.481 e. The predicted molar refractivity (Wildman–Crippen MR) is 448 cm³/mol. The van der Waals surface area contributed by atoms with Crippen molar-refractivity contribution < 1.29 is 206 Å². The van der Waals surface area contributed by atoms with Crippen LogP contribution in [0.3, 0.4) is 0 Å². The van der Waals surface area contributed by atoms with E-state index < -0.39 is 284 Å². The molecule has 43 heteroatoms. The average molecular weight is 1840 g/mol. The highest BCUT2D eigenvalue weighted by molar-refractivity contribution is 5.87. The molecule has 0 aromatic heterocycles. The van der Waals surface area contributed by atoms with Crippen molar-refractivity contribution in [2.75, 3.05) is 159 Å². The second-order valence-corrected chi connectivity index (χ2v) is 26.7. The molecule has 0 unspecified atom stereocenters. The van der Waals surface area contributed by atoms with Crippen LogP contribution in [0.4, 0.5) is 0 Å². The first kappa shape index (κ1) is 122. The highest BCUT2D eigenvalue weighted by Gasteiger charge is 2.44. The zero-order valence-electron chi connectivity index (χ0n) is 72.0. The number of aliphatic carboxylic acids is 1. The van der Waals surface area contributed by atoms with E-state index in [1.807, 2.05) is 0 Å². The lowest BCUT2D eigenvalue weighted by Crippen LogP contribution is -2.47. The number of carboxylic acids is 1. The number of esters is 18. The number of ether oxygens (including phenoxy) is 20. The molecule has 716 valence electrons. The Bertz CT molecular complexity index is 3730. The van der Waals surface area contributed by atoms with Crippen LogP contribution >= 0.6 is 0 Å². The maximum atomic E-state index is 12.3. The number of hydrogen-bond donors (Lipinski definition) is 3. The summed E-state index contributed by atoms with van der Waals surface area (Å²) in [6.07, 6.45) is 13.2. The number of hydrogen-bond acceptors (Lipinski definition) is 42. The van der Waals surface area contributed by atoms with Gasteiger partial charge in [0.2, 0.25) is 0 Å². The van der Waals surface area contributed by atoms with Gasteiger partial charge in [-0.25, -0.2) is 76.7 Å². The number of aliphatic hydroxyl groups is 2. The number of carbonyl (C=O) groups excluding carboxylic acids is 19. The van der Waals surface area contributed by atoms with Crippen LogP contribution in [0, 0.1) is 32.5 Å². The fraction of sp³-hybridized carbons (Fsp3) is 0.402. The molecule has 0 saturated carbocycles. The molecule has 0 fully saturated rings. The van der Waals surface area contributed by atoms with E-state index in [2.05, 4.69) is 105 Å². The topological polar surface area (TPSA) is 587 Å². The standard InChI is InChI=1S/C30H38O14.C25H32O12.C18H22O10.C14H18O7/c1-7-23(32)39-16-29(17-40-24(33)8-2,18-41-25(34)9-3)14-38-15-30(19-42-26(35)10-4,20-43-27(36)11-5)21-44-28(37)13-12-22(6)31;1-6-19(27)33-14-24(11-26,15-34-20(28)7-2)12-32-13-25(16-35-21(29)8-3,17-36-22(30)9-4)18-37-23(31)10-5;1-4-14(21)25-9-18(10-26-15(22)5-2,11-27-16(23)6-3)12-28-17(24)8-7-13(19)20;1-4-11(16)19-8-14(7-15,9-20-12(17)5-2)10-21-13(18)6-3/h7-11H,1-5,12-21H2,6H3;6-10,26H,1-5,11-18H2;4-6H,1-3,7-12H2,(H,19,20);4-6,15H,1-3,7-10H2. The van der Waals surface area contributed by atoms with Crippen molar-refractivity contribution in [2.24, 2.45) is 32.5 Å². The van der Waals surface area contributed by atoms with Gasteiger partial charge in [0.1, 0.15) is 130 Å². The molecule has 0 atom stereocenters. The highest BCUT2D eigenvalue weighted by Crippen LogP contribution is 2.30. The largest absolute Gasteiger partial charge is 0.481 e. The normalized spacial score (nSPS) is 10.5. The van der Waals surface area contributed by atoms with Gasteiger partial charge < -0.3 is 115 Å². The summed E-state index contributed by atoms with van der Waals surface area (Å²) in [6, 6.07) is 0. The van der Waals surface area contributed by atoms with Crippen molar-refractivity contribution in [3.05, 3.63) is 202 Å². The minimum absolute atomic E-state index is 0.0853. The van der Waals surface area contributed by atoms with E-state index in [-0.39, 0.29) is 51.7 Å². The molecule has 0 bridgehead atoms. The third kappa shape index (κ3) is 57.7. The number of ketones is 1. The molecule has 0 rings (SSSR count). The molecule has 3 N–H and O–H groups in total. The summed E-state index contributed by atoms with van der Waals surface area (Å²) in [5, 5.41) is 28.1. The molecular formula is C87H110O43. The van der Waals surface area contributed by atoms with Crippen LogP contribution in [-0.4, -0.2) is 293 Å². The molecule has 0 aliphatic carbocycles. The molecule has 0 aliphatic rings. The zero-order valence-corrected chi connectivity index (χ0v) is 72.0. The summed E-state index contributed by atoms with van der Waals surface area (Å²) >= 11 is 0. The van der Waals surface area contributed by atoms with E-state index in [1.54, 1.807) is 0 Å². The number of Topliss-reactive ketones (excluding diaryl/α,β-unsaturated/α-hetero) is 1. The third-order valence-electron chi connectivity index (χ3n) is 15.6. The van der Waals surface area contributed by atoms with Crippen molar-refractivity contribution in [1.29, 1.82) is 0 Å². The van der Waals surface area contributed by atoms with Crippen molar-refractivity contribution in [1.82, 2.24) is 0 Å². The molecule has 0 heterocycles. The van der Waals surface area contributed by atoms with Gasteiger partial charge in [0.25, 0.3) is 0 Å². The Morgan fingerprint density at radius 2 is 0.315 bits per heavy atom. The Morgan fingerprint density at radius 1 is 0.192 bits per heavy atom. The predicted octanol–water partition coefficient (Wildman–Crippen LogP) is 2.87. The van der Waals surface area contributed by atoms with E-state index in [0.29, 0.717) is 0 Å². The minimum atomic E-state index is -1.54. The van der Waals surface area contributed by atoms with E-state index in [1.165, 1.54) is 6.92 Å². The monoisotopic (exact) mass is 1840 g/mol. The fourth-order valence-corrected chi connectivity index (χ4v) is 8.12. The fourth-order valence-electron chi connectivity index (χ4n) is 8.12. The quantitative estimate of drug-likeness (QED) is 0.0447. The summed E-state index contributed by atoms with van der Waals surface area (Å²) < 4.78 is 102. The summed E-state index contributed by atoms with van der Waals surface area (Å²) in [6.45, 7) is 42.7. The molecule has 43 nitrogen and oxygen atoms in total. The van der Waals surface area contributed by atoms with Crippen LogP contribution in [0.2, 0.25) is 0 Å². The number of carbonyl (C=O) groups is 20. The second-order valence-electron chi connectivity index (χ2n) is 26.7. The van der Waals surface area contributed by atoms with E-state index in [4.69, 9.17) is 99.8 Å². The highest BCUT2D eigenvalue weighted by atomic mass is 16.6. The number of rotatable bonds is 68. The molecular weight excluding hydrogens is 1730 g/mol. The molecule has 0 aliphatic heterocycles. The summed E-state index contributed by atoms with van der Waals surface area (Å²) in [7, 11) is 0. The summed E-state index contributed by atoms with van der Waals surface area (Å²) in [5.41, 5.74) is -8.66. The first-order chi connectivity index (χ1) is 61.4. The van der Waals surface area contributed by atoms with E-state index >= 15 is 0 Å². The lowest BCUT2D eigenvalue weighted by atomic mass is 9.90. The Hall–Kier alpha value is -14.7. The van der Waals surface area contributed by atoms with Gasteiger partial charge in [0.15, 0.2) is 0 Å². The molecule has 0 saturated heterocycles. The molecule has 130 heavy (non-hydrogen) atoms. The van der Waals surface area contributed by atoms with Crippen LogP contribution in [0.1, 0.15) is 32.6 Å². The molecule has 0 spiro atoms. The smallest absolute Gasteiger partial charge is 0.330 e. The van der Waals surface area contributed by atoms with Crippen LogP contribution < -0.4 is 0 Å². The molecule has 0 radical (unpaired) electrons. The maximum absolute atomic E-state index is 12.3. The lowest BCUT2D eigenvalue weighted by molar-refractivity contribution is -0.173. The third-order valence-corrected chi connectivity index (χ3v) is 15.6. The van der Waals surface area contributed by atoms with Gasteiger partial charge in [-0.05, 0) is 6.92 Å². The molecule has 0 aromatic carbocycles. The number of carboxylic acid groups (broad SMARTS) is 1. The Kier molecular flexibility index (Phi) is 65.0. The average Bonchev–Trinajstić information content (AvgIpc) is 0.819. The Labute approximate surface area is 748 Å². The van der Waals surface area contributed by atoms with Gasteiger partial charge in [-0.2, -0.15) is 0 Å². The van der Waals surface area contributed by atoms with Gasteiger partial charge in [0, 0.05) is 104 Å². The first-order valence-corrected chi connectivity index (χ1v) is 37.5. The van der Waals surface area contributed by atoms with Crippen molar-refractivity contribution >= 4 is 119 Å². The summed E-state index contributed by atoms with van der Waals surface area (Å²) in [5.74, 6) is -16.0. The maximum Gasteiger partial charge on any atom is 0.330 e. The van der Waals surface area contributed by atoms with Crippen molar-refractivity contribution in [3.63, 3.8) is 0 Å². The van der Waals surface area contributed by atoms with Crippen molar-refractivity contribution in [3.8, 4) is 0 Å². The zero-order chi connectivity index (χ0) is 99.8. The molecule has 0 amide bonds. The summed E-state index contributed by atoms with van der Waals surface area (Å²) in [4.78, 5) is 231. The van der Waals surface area contributed by atoms with E-state index in [9.17, 15) is 106 Å². The Morgan fingerprint density at radius 3 is 0.454 bits per heavy atom. The van der Waals surface area contributed by atoms with Crippen LogP contribution in [0.25, 0.3) is 0 Å². The van der Waals surface area contributed by atoms with Gasteiger partial charge in [-0.1, -0.05) is 105 Å². The van der Waals surface area contributed by atoms with Crippen LogP contribution in [-0.2, 0) is 191 Å². The van der Waals surface area contributed by atoms with Gasteiger partial charge in [0.05, 0.1) is 86.0 Å². The van der Waals surface area contributed by atoms with Gasteiger partial charge in [-0.15, -0.1) is 0 Å². The SMILES string of the molecule is C=CC(=O)OCC(CO)(COC(=O)C=C)COC(=O)C=C.C=CC(=O)OCC(CO)(COCC(COC(=O)C=C)(COC(=O)C=C)COC(=O)C=C)COC(=O)C=C.C=CC(=O)OCC(COC(=O)C=C)(COC(=O)C=C)COC(=O)CCC(=O)O.C=CC(=O)OCC(COCC(COC(=O)C=C)(COC(=O)C=C)COC(=O)CCC(C)=O)(COC(=O)C=C)COC(=O)C=C. The second kappa shape index (κ2) is 69.5. The Balaban J connectivity index is -0.000000841. The van der Waals surface area contributed by atoms with Crippen molar-refractivity contribution in [2.45, 2.75) is 32.6 Å². The number of aliphatic hydroxyl groups excluding tert-OH is 2.